The Morgan fingerprint density at radius 2 is 1.10 bits per heavy atom. The number of fused-ring (bicyclic) bond motifs is 4. The van der Waals surface area contributed by atoms with Crippen LogP contribution in [0.4, 0.5) is 17.1 Å². The first-order valence-electron chi connectivity index (χ1n) is 21.0. The van der Waals surface area contributed by atoms with E-state index in [4.69, 9.17) is 4.42 Å². The Kier molecular flexibility index (Phi) is 9.21. The summed E-state index contributed by atoms with van der Waals surface area (Å²) in [4.78, 5) is 2.49. The maximum atomic E-state index is 6.37. The Hall–Kier alpha value is -6.38. The average Bonchev–Trinajstić information content (AvgIpc) is 3.65. The highest BCUT2D eigenvalue weighted by Crippen LogP contribution is 2.48. The van der Waals surface area contributed by atoms with Gasteiger partial charge in [-0.1, -0.05) is 173 Å². The van der Waals surface area contributed by atoms with Crippen LogP contribution in [0.25, 0.3) is 66.1 Å². The first kappa shape index (κ1) is 36.0. The van der Waals surface area contributed by atoms with Crippen molar-refractivity contribution in [3.63, 3.8) is 0 Å². The molecule has 0 unspecified atom stereocenters. The predicted molar refractivity (Wildman–Crippen MR) is 247 cm³/mol. The normalized spacial score (nSPS) is 13.7. The third-order valence-electron chi connectivity index (χ3n) is 12.4. The summed E-state index contributed by atoms with van der Waals surface area (Å²) >= 11 is 0. The minimum Gasteiger partial charge on any atom is -0.456 e. The van der Waals surface area contributed by atoms with Crippen molar-refractivity contribution in [2.45, 2.75) is 64.2 Å². The van der Waals surface area contributed by atoms with Crippen LogP contribution in [-0.2, 0) is 5.41 Å². The second-order valence-electron chi connectivity index (χ2n) is 17.1. The van der Waals surface area contributed by atoms with Crippen molar-refractivity contribution in [1.82, 2.24) is 0 Å². The van der Waals surface area contributed by atoms with E-state index in [2.05, 4.69) is 189 Å². The standard InChI is InChI=1S/C56H49NO/c1-56(2,3)43-33-30-39(31-34-43)45-22-7-10-27-51(45)57(44-21-13-20-41(36-44)42-32-35-49-48-24-9-12-29-53(48)58-54(49)37-42)52-28-11-8-23-47(52)50-26-15-19-40-18-14-25-46(55(40)50)38-16-5-4-6-17-38/h7-15,18-38H,4-6,16-17H2,1-3H3. The zero-order chi connectivity index (χ0) is 39.2. The van der Waals surface area contributed by atoms with Crippen LogP contribution in [0.1, 0.15) is 69.9 Å². The zero-order valence-electron chi connectivity index (χ0n) is 33.7. The molecular formula is C56H49NO. The van der Waals surface area contributed by atoms with Gasteiger partial charge in [0.1, 0.15) is 11.2 Å². The number of nitrogens with zero attached hydrogens (tertiary/aromatic N) is 1. The Labute approximate surface area is 342 Å². The van der Waals surface area contributed by atoms with E-state index in [9.17, 15) is 0 Å². The highest BCUT2D eigenvalue weighted by atomic mass is 16.3. The van der Waals surface area contributed by atoms with E-state index < -0.39 is 0 Å². The minimum atomic E-state index is 0.0732. The largest absolute Gasteiger partial charge is 0.456 e. The van der Waals surface area contributed by atoms with Gasteiger partial charge >= 0.3 is 0 Å². The molecule has 2 nitrogen and oxygen atoms in total. The third kappa shape index (κ3) is 6.57. The van der Waals surface area contributed by atoms with Crippen LogP contribution >= 0.6 is 0 Å². The average molecular weight is 752 g/mol. The van der Waals surface area contributed by atoms with Gasteiger partial charge in [-0.25, -0.2) is 0 Å². The van der Waals surface area contributed by atoms with Crippen LogP contribution in [-0.4, -0.2) is 0 Å². The molecular weight excluding hydrogens is 703 g/mol. The van der Waals surface area contributed by atoms with Crippen LogP contribution in [0.15, 0.2) is 180 Å². The van der Waals surface area contributed by atoms with Gasteiger partial charge in [-0.3, -0.25) is 0 Å². The molecule has 1 aromatic heterocycles. The summed E-state index contributed by atoms with van der Waals surface area (Å²) in [5, 5.41) is 4.99. The van der Waals surface area contributed by atoms with E-state index >= 15 is 0 Å². The molecule has 2 heteroatoms. The Morgan fingerprint density at radius 1 is 0.483 bits per heavy atom. The lowest BCUT2D eigenvalue weighted by molar-refractivity contribution is 0.445. The number of hydrogen-bond acceptors (Lipinski definition) is 2. The molecule has 0 atom stereocenters. The van der Waals surface area contributed by atoms with Crippen molar-refractivity contribution in [1.29, 1.82) is 0 Å². The van der Waals surface area contributed by atoms with Crippen LogP contribution < -0.4 is 4.90 Å². The minimum absolute atomic E-state index is 0.0732. The van der Waals surface area contributed by atoms with Crippen molar-refractivity contribution in [2.24, 2.45) is 0 Å². The molecule has 284 valence electrons. The van der Waals surface area contributed by atoms with E-state index in [0.717, 1.165) is 50.1 Å². The lowest BCUT2D eigenvalue weighted by Crippen LogP contribution is -2.13. The second kappa shape index (κ2) is 14.8. The van der Waals surface area contributed by atoms with Crippen LogP contribution in [0.2, 0.25) is 0 Å². The molecule has 1 heterocycles. The summed E-state index contributed by atoms with van der Waals surface area (Å²) < 4.78 is 6.37. The maximum Gasteiger partial charge on any atom is 0.136 e. The number of furan rings is 1. The first-order chi connectivity index (χ1) is 28.4. The number of rotatable bonds is 7. The molecule has 0 amide bonds. The molecule has 1 aliphatic carbocycles. The molecule has 1 aliphatic rings. The van der Waals surface area contributed by atoms with E-state index in [1.54, 1.807) is 0 Å². The summed E-state index contributed by atoms with van der Waals surface area (Å²) in [5.41, 5.74) is 15.3. The summed E-state index contributed by atoms with van der Waals surface area (Å²) in [6.07, 6.45) is 6.47. The van der Waals surface area contributed by atoms with Crippen LogP contribution in [0, 0.1) is 0 Å². The molecule has 0 bridgehead atoms. The smallest absolute Gasteiger partial charge is 0.136 e. The van der Waals surface area contributed by atoms with Crippen LogP contribution in [0.3, 0.4) is 0 Å². The van der Waals surface area contributed by atoms with Gasteiger partial charge in [0, 0.05) is 27.6 Å². The Bertz CT molecular complexity index is 2910. The monoisotopic (exact) mass is 751 g/mol. The molecule has 0 spiro atoms. The van der Waals surface area contributed by atoms with Crippen LogP contribution in [0.5, 0.6) is 0 Å². The lowest BCUT2D eigenvalue weighted by atomic mass is 9.80. The molecule has 0 aliphatic heterocycles. The van der Waals surface area contributed by atoms with Crippen molar-refractivity contribution >= 4 is 49.8 Å². The van der Waals surface area contributed by atoms with Gasteiger partial charge < -0.3 is 9.32 Å². The first-order valence-corrected chi connectivity index (χ1v) is 21.0. The third-order valence-corrected chi connectivity index (χ3v) is 12.4. The van der Waals surface area contributed by atoms with E-state index in [1.165, 1.54) is 76.3 Å². The van der Waals surface area contributed by atoms with Crippen molar-refractivity contribution < 1.29 is 4.42 Å². The van der Waals surface area contributed by atoms with E-state index in [-0.39, 0.29) is 5.41 Å². The number of para-hydroxylation sites is 3. The summed E-state index contributed by atoms with van der Waals surface area (Å²) in [5.74, 6) is 0.583. The van der Waals surface area contributed by atoms with Crippen molar-refractivity contribution in [3.8, 4) is 33.4 Å². The highest BCUT2D eigenvalue weighted by molar-refractivity contribution is 6.06. The van der Waals surface area contributed by atoms with Gasteiger partial charge in [-0.2, -0.15) is 0 Å². The molecule has 0 radical (unpaired) electrons. The van der Waals surface area contributed by atoms with Gasteiger partial charge in [0.15, 0.2) is 0 Å². The maximum absolute atomic E-state index is 6.37. The predicted octanol–water partition coefficient (Wildman–Crippen LogP) is 16.6. The lowest BCUT2D eigenvalue weighted by Gasteiger charge is -2.31. The summed E-state index contributed by atoms with van der Waals surface area (Å²) in [7, 11) is 0. The fraction of sp³-hybridized carbons (Fsp3) is 0.179. The molecule has 0 N–H and O–H groups in total. The molecule has 9 aromatic rings. The van der Waals surface area contributed by atoms with Gasteiger partial charge in [0.05, 0.1) is 11.4 Å². The zero-order valence-corrected chi connectivity index (χ0v) is 33.7. The highest BCUT2D eigenvalue weighted by Gasteiger charge is 2.24. The van der Waals surface area contributed by atoms with E-state index in [1.807, 2.05) is 12.1 Å². The topological polar surface area (TPSA) is 16.4 Å². The van der Waals surface area contributed by atoms with Gasteiger partial charge in [-0.15, -0.1) is 0 Å². The molecule has 0 saturated heterocycles. The fourth-order valence-corrected chi connectivity index (χ4v) is 9.45. The molecule has 58 heavy (non-hydrogen) atoms. The van der Waals surface area contributed by atoms with Gasteiger partial charge in [0.2, 0.25) is 0 Å². The summed E-state index contributed by atoms with van der Waals surface area (Å²) in [6, 6.07) is 64.9. The van der Waals surface area contributed by atoms with Crippen molar-refractivity contribution in [3.05, 3.63) is 187 Å². The summed E-state index contributed by atoms with van der Waals surface area (Å²) in [6.45, 7) is 6.83. The number of benzene rings is 8. The van der Waals surface area contributed by atoms with Gasteiger partial charge in [-0.05, 0) is 111 Å². The Balaban J connectivity index is 1.18. The number of hydrogen-bond donors (Lipinski definition) is 0. The van der Waals surface area contributed by atoms with Gasteiger partial charge in [0.25, 0.3) is 0 Å². The molecule has 10 rings (SSSR count). The van der Waals surface area contributed by atoms with E-state index in [0.29, 0.717) is 5.92 Å². The number of anilines is 3. The molecule has 8 aromatic carbocycles. The second-order valence-corrected chi connectivity index (χ2v) is 17.1. The Morgan fingerprint density at radius 3 is 1.90 bits per heavy atom. The van der Waals surface area contributed by atoms with Crippen molar-refractivity contribution in [2.75, 3.05) is 4.90 Å². The fourth-order valence-electron chi connectivity index (χ4n) is 9.45. The molecule has 1 fully saturated rings. The molecule has 1 saturated carbocycles. The quantitative estimate of drug-likeness (QED) is 0.161. The SMILES string of the molecule is CC(C)(C)c1ccc(-c2ccccc2N(c2cccc(-c3ccc4c(c3)oc3ccccc34)c2)c2ccccc2-c2cccc3cccc(C4CCCCC4)c23)cc1.